The Morgan fingerprint density at radius 2 is 2.19 bits per heavy atom. The van der Waals surface area contributed by atoms with Crippen molar-refractivity contribution in [1.82, 2.24) is 15.2 Å². The maximum Gasteiger partial charge on any atom is 0.241 e. The van der Waals surface area contributed by atoms with Crippen LogP contribution in [0.1, 0.15) is 23.4 Å². The molecule has 0 saturated carbocycles. The van der Waals surface area contributed by atoms with E-state index in [2.05, 4.69) is 15.6 Å². The van der Waals surface area contributed by atoms with Crippen LogP contribution in [0.4, 0.5) is 0 Å². The molecule has 0 bridgehead atoms. The van der Waals surface area contributed by atoms with Crippen LogP contribution in [0.5, 0.6) is 0 Å². The summed E-state index contributed by atoms with van der Waals surface area (Å²) in [5.41, 5.74) is 5.24. The van der Waals surface area contributed by atoms with Gasteiger partial charge in [0.15, 0.2) is 0 Å². The van der Waals surface area contributed by atoms with Crippen LogP contribution in [0.3, 0.4) is 0 Å². The van der Waals surface area contributed by atoms with Gasteiger partial charge < -0.3 is 0 Å². The molecule has 110 valence electrons. The summed E-state index contributed by atoms with van der Waals surface area (Å²) < 4.78 is 1.81. The molecule has 0 spiro atoms. The molecule has 0 radical (unpaired) electrons. The minimum absolute atomic E-state index is 0.161. The highest BCUT2D eigenvalue weighted by molar-refractivity contribution is 6.33. The number of hydrogen-bond donors (Lipinski definition) is 1. The Morgan fingerprint density at radius 1 is 1.43 bits per heavy atom. The number of aryl methyl sites for hydroxylation is 3. The Morgan fingerprint density at radius 3 is 2.86 bits per heavy atom. The number of carbonyl (C=O) groups is 1. The highest BCUT2D eigenvalue weighted by Crippen LogP contribution is 2.12. The first-order valence-electron chi connectivity index (χ1n) is 6.64. The number of rotatable bonds is 5. The maximum atomic E-state index is 11.7. The molecule has 5 nitrogen and oxygen atoms in total. The predicted octanol–water partition coefficient (Wildman–Crippen LogP) is 2.69. The van der Waals surface area contributed by atoms with Gasteiger partial charge in [0.05, 0.1) is 18.5 Å². The van der Waals surface area contributed by atoms with Crippen molar-refractivity contribution >= 4 is 23.7 Å². The van der Waals surface area contributed by atoms with Gasteiger partial charge in [-0.1, -0.05) is 29.8 Å². The maximum absolute atomic E-state index is 11.7. The van der Waals surface area contributed by atoms with Crippen molar-refractivity contribution in [3.8, 4) is 0 Å². The lowest BCUT2D eigenvalue weighted by Crippen LogP contribution is -2.20. The summed E-state index contributed by atoms with van der Waals surface area (Å²) in [5.74, 6) is -0.161. The van der Waals surface area contributed by atoms with Crippen LogP contribution >= 0.6 is 11.6 Å². The third-order valence-corrected chi connectivity index (χ3v) is 3.30. The van der Waals surface area contributed by atoms with E-state index >= 15 is 0 Å². The lowest BCUT2D eigenvalue weighted by Gasteiger charge is -2.03. The van der Waals surface area contributed by atoms with Gasteiger partial charge in [0.1, 0.15) is 0 Å². The molecule has 1 amide bonds. The van der Waals surface area contributed by atoms with E-state index in [4.69, 9.17) is 11.6 Å². The topological polar surface area (TPSA) is 59.3 Å². The minimum atomic E-state index is -0.161. The number of halogens is 1. The molecular weight excluding hydrogens is 288 g/mol. The van der Waals surface area contributed by atoms with Crippen LogP contribution in [-0.2, 0) is 11.3 Å². The van der Waals surface area contributed by atoms with Crippen molar-refractivity contribution in [1.29, 1.82) is 0 Å². The average Bonchev–Trinajstić information content (AvgIpc) is 2.77. The molecule has 1 N–H and O–H groups in total. The quantitative estimate of drug-likeness (QED) is 0.682. The molecule has 0 aliphatic carbocycles. The molecule has 0 atom stereocenters. The molecule has 1 aromatic heterocycles. The first kappa shape index (κ1) is 15.3. The van der Waals surface area contributed by atoms with E-state index < -0.39 is 0 Å². The van der Waals surface area contributed by atoms with Gasteiger partial charge in [-0.25, -0.2) is 5.43 Å². The van der Waals surface area contributed by atoms with Crippen molar-refractivity contribution in [3.05, 3.63) is 52.3 Å². The van der Waals surface area contributed by atoms with E-state index in [0.717, 1.165) is 17.0 Å². The number of nitrogens with one attached hydrogen (secondary N) is 1. The first-order chi connectivity index (χ1) is 10.1. The van der Waals surface area contributed by atoms with Crippen LogP contribution < -0.4 is 5.43 Å². The van der Waals surface area contributed by atoms with Gasteiger partial charge in [-0.2, -0.15) is 10.2 Å². The Bertz CT molecular complexity index is 663. The Balaban J connectivity index is 1.83. The highest BCUT2D eigenvalue weighted by Gasteiger charge is 2.04. The normalized spacial score (nSPS) is 11.0. The summed E-state index contributed by atoms with van der Waals surface area (Å²) in [7, 11) is 0. The summed E-state index contributed by atoms with van der Waals surface area (Å²) in [6.45, 7) is 4.43. The zero-order valence-corrected chi connectivity index (χ0v) is 12.8. The predicted molar refractivity (Wildman–Crippen MR) is 83.5 cm³/mol. The third-order valence-electron chi connectivity index (χ3n) is 2.95. The van der Waals surface area contributed by atoms with Crippen LogP contribution in [-0.4, -0.2) is 21.9 Å². The standard InChI is InChI=1S/C15H17ClN4O/c1-11-9-12(2)20(19-11)8-7-15(21)18-17-10-13-5-3-4-6-14(13)16/h3-6,9-10H,7-8H2,1-2H3,(H,18,21)/b17-10+. The first-order valence-corrected chi connectivity index (χ1v) is 7.01. The number of nitrogens with zero attached hydrogens (tertiary/aromatic N) is 3. The van der Waals surface area contributed by atoms with Crippen molar-refractivity contribution < 1.29 is 4.79 Å². The van der Waals surface area contributed by atoms with Gasteiger partial charge in [-0.3, -0.25) is 9.48 Å². The fourth-order valence-corrected chi connectivity index (χ4v) is 2.10. The second-order valence-corrected chi connectivity index (χ2v) is 5.12. The van der Waals surface area contributed by atoms with E-state index in [1.165, 1.54) is 6.21 Å². The number of carbonyl (C=O) groups excluding carboxylic acids is 1. The summed E-state index contributed by atoms with van der Waals surface area (Å²) in [5, 5.41) is 8.80. The van der Waals surface area contributed by atoms with Crippen molar-refractivity contribution in [2.24, 2.45) is 5.10 Å². The van der Waals surface area contributed by atoms with Gasteiger partial charge in [0.2, 0.25) is 5.91 Å². The summed E-state index contributed by atoms with van der Waals surface area (Å²) >= 11 is 5.98. The van der Waals surface area contributed by atoms with E-state index in [1.807, 2.05) is 42.8 Å². The second kappa shape index (κ2) is 7.04. The third kappa shape index (κ3) is 4.43. The van der Waals surface area contributed by atoms with E-state index in [-0.39, 0.29) is 5.91 Å². The molecule has 0 aliphatic heterocycles. The number of aromatic nitrogens is 2. The Hall–Kier alpha value is -2.14. The van der Waals surface area contributed by atoms with Gasteiger partial charge in [0, 0.05) is 22.7 Å². The Kier molecular flexibility index (Phi) is 5.11. The van der Waals surface area contributed by atoms with Crippen molar-refractivity contribution in [3.63, 3.8) is 0 Å². The zero-order chi connectivity index (χ0) is 15.2. The fourth-order valence-electron chi connectivity index (χ4n) is 1.92. The smallest absolute Gasteiger partial charge is 0.241 e. The van der Waals surface area contributed by atoms with Crippen LogP contribution in [0.2, 0.25) is 5.02 Å². The fraction of sp³-hybridized carbons (Fsp3) is 0.267. The highest BCUT2D eigenvalue weighted by atomic mass is 35.5. The van der Waals surface area contributed by atoms with Crippen LogP contribution in [0, 0.1) is 13.8 Å². The zero-order valence-electron chi connectivity index (χ0n) is 12.0. The SMILES string of the molecule is Cc1cc(C)n(CCC(=O)N/N=C/c2ccccc2Cl)n1. The molecule has 1 aromatic carbocycles. The molecule has 21 heavy (non-hydrogen) atoms. The summed E-state index contributed by atoms with van der Waals surface area (Å²) in [6, 6.07) is 9.28. The van der Waals surface area contributed by atoms with Crippen molar-refractivity contribution in [2.45, 2.75) is 26.8 Å². The van der Waals surface area contributed by atoms with Crippen molar-refractivity contribution in [2.75, 3.05) is 0 Å². The Labute approximate surface area is 128 Å². The molecule has 0 aliphatic rings. The molecule has 6 heteroatoms. The van der Waals surface area contributed by atoms with Gasteiger partial charge >= 0.3 is 0 Å². The molecule has 2 aromatic rings. The van der Waals surface area contributed by atoms with Gasteiger partial charge in [-0.05, 0) is 26.0 Å². The number of benzene rings is 1. The van der Waals surface area contributed by atoms with Crippen LogP contribution in [0.15, 0.2) is 35.4 Å². The molecule has 0 unspecified atom stereocenters. The summed E-state index contributed by atoms with van der Waals surface area (Å²) in [4.78, 5) is 11.7. The average molecular weight is 305 g/mol. The lowest BCUT2D eigenvalue weighted by molar-refractivity contribution is -0.121. The molecular formula is C15H17ClN4O. The van der Waals surface area contributed by atoms with E-state index in [1.54, 1.807) is 6.07 Å². The minimum Gasteiger partial charge on any atom is -0.273 e. The lowest BCUT2D eigenvalue weighted by atomic mass is 10.2. The van der Waals surface area contributed by atoms with Gasteiger partial charge in [0.25, 0.3) is 0 Å². The van der Waals surface area contributed by atoms with Crippen LogP contribution in [0.25, 0.3) is 0 Å². The number of hydrogen-bond acceptors (Lipinski definition) is 3. The monoisotopic (exact) mass is 304 g/mol. The molecule has 1 heterocycles. The molecule has 2 rings (SSSR count). The van der Waals surface area contributed by atoms with E-state index in [0.29, 0.717) is 18.0 Å². The molecule has 0 saturated heterocycles. The number of amides is 1. The van der Waals surface area contributed by atoms with Gasteiger partial charge in [-0.15, -0.1) is 0 Å². The molecule has 0 fully saturated rings. The number of hydrazone groups is 1. The summed E-state index contributed by atoms with van der Waals surface area (Å²) in [6.07, 6.45) is 1.85. The largest absolute Gasteiger partial charge is 0.273 e. The second-order valence-electron chi connectivity index (χ2n) is 4.71. The van der Waals surface area contributed by atoms with E-state index in [9.17, 15) is 4.79 Å².